The van der Waals surface area contributed by atoms with Crippen molar-refractivity contribution in [1.29, 1.82) is 0 Å². The third kappa shape index (κ3) is 4.01. The van der Waals surface area contributed by atoms with E-state index in [1.54, 1.807) is 19.9 Å². The van der Waals surface area contributed by atoms with Crippen LogP contribution in [-0.2, 0) is 14.8 Å². The molecule has 2 unspecified atom stereocenters. The number of phenolic OH excluding ortho intramolecular Hbond substituents is 1. The number of hydrogen-bond donors (Lipinski definition) is 2. The van der Waals surface area contributed by atoms with Crippen molar-refractivity contribution in [2.24, 2.45) is 5.92 Å². The lowest BCUT2D eigenvalue weighted by Gasteiger charge is -2.19. The Hall–Kier alpha value is -2.09. The molecule has 0 heterocycles. The zero-order valence-corrected chi connectivity index (χ0v) is 17.3. The fraction of sp³-hybridized carbons (Fsp3) is 0.350. The van der Waals surface area contributed by atoms with Gasteiger partial charge >= 0.3 is 0 Å². The summed E-state index contributed by atoms with van der Waals surface area (Å²) in [4.78, 5) is 12.6. The van der Waals surface area contributed by atoms with Gasteiger partial charge in [0.1, 0.15) is 5.75 Å². The smallest absolute Gasteiger partial charge is 0.243 e. The number of benzene rings is 2. The summed E-state index contributed by atoms with van der Waals surface area (Å²) in [5.41, 5.74) is 1.01. The molecule has 0 radical (unpaired) electrons. The fourth-order valence-electron chi connectivity index (χ4n) is 3.32. The standard InChI is InChI=1S/C20H23ClN2O4S/c1-3-23(4-2)28(26,27)13-9-10-19(24)18(11-13)22-20(25)16-12-15(16)14-7-5-6-8-17(14)21/h5-11,15-16,24H,3-4,12H2,1-2H3,(H,22,25). The van der Waals surface area contributed by atoms with Crippen LogP contribution in [0.4, 0.5) is 5.69 Å². The van der Waals surface area contributed by atoms with E-state index in [1.165, 1.54) is 22.5 Å². The number of carbonyl (C=O) groups is 1. The molecule has 0 saturated heterocycles. The van der Waals surface area contributed by atoms with Crippen LogP contribution in [-0.4, -0.2) is 36.8 Å². The number of nitrogens with zero attached hydrogens (tertiary/aromatic N) is 1. The second kappa shape index (κ2) is 8.11. The Morgan fingerprint density at radius 1 is 1.21 bits per heavy atom. The summed E-state index contributed by atoms with van der Waals surface area (Å²) in [5, 5.41) is 13.4. The van der Waals surface area contributed by atoms with Gasteiger partial charge in [0.2, 0.25) is 15.9 Å². The molecule has 2 aromatic carbocycles. The first kappa shape index (κ1) is 20.6. The average Bonchev–Trinajstić information content (AvgIpc) is 3.45. The molecule has 0 bridgehead atoms. The number of hydrogen-bond acceptors (Lipinski definition) is 4. The van der Waals surface area contributed by atoms with E-state index in [-0.39, 0.29) is 34.1 Å². The van der Waals surface area contributed by atoms with Crippen molar-refractivity contribution < 1.29 is 18.3 Å². The summed E-state index contributed by atoms with van der Waals surface area (Å²) in [6.45, 7) is 4.18. The molecule has 0 aliphatic heterocycles. The number of carbonyl (C=O) groups excluding carboxylic acids is 1. The van der Waals surface area contributed by atoms with E-state index in [1.807, 2.05) is 18.2 Å². The summed E-state index contributed by atoms with van der Waals surface area (Å²) in [6.07, 6.45) is 0.660. The van der Waals surface area contributed by atoms with Crippen LogP contribution in [0.1, 0.15) is 31.7 Å². The maximum Gasteiger partial charge on any atom is 0.243 e. The highest BCUT2D eigenvalue weighted by Gasteiger charge is 2.45. The highest BCUT2D eigenvalue weighted by Crippen LogP contribution is 2.50. The van der Waals surface area contributed by atoms with Gasteiger partial charge in [0, 0.05) is 24.0 Å². The third-order valence-electron chi connectivity index (χ3n) is 5.00. The molecule has 28 heavy (non-hydrogen) atoms. The van der Waals surface area contributed by atoms with Crippen molar-refractivity contribution in [1.82, 2.24) is 4.31 Å². The average molecular weight is 423 g/mol. The fourth-order valence-corrected chi connectivity index (χ4v) is 5.08. The number of amides is 1. The quantitative estimate of drug-likeness (QED) is 0.664. The zero-order valence-electron chi connectivity index (χ0n) is 15.7. The molecule has 3 rings (SSSR count). The second-order valence-corrected chi connectivity index (χ2v) is 9.07. The molecular formula is C20H23ClN2O4S. The van der Waals surface area contributed by atoms with Gasteiger partial charge in [-0.2, -0.15) is 4.31 Å². The van der Waals surface area contributed by atoms with E-state index >= 15 is 0 Å². The van der Waals surface area contributed by atoms with E-state index in [0.29, 0.717) is 24.5 Å². The molecule has 1 aliphatic rings. The molecule has 1 amide bonds. The van der Waals surface area contributed by atoms with Gasteiger partial charge in [-0.1, -0.05) is 43.6 Å². The summed E-state index contributed by atoms with van der Waals surface area (Å²) < 4.78 is 26.7. The molecule has 1 aliphatic carbocycles. The lowest BCUT2D eigenvalue weighted by Crippen LogP contribution is -2.30. The Kier molecular flexibility index (Phi) is 5.98. The van der Waals surface area contributed by atoms with E-state index in [9.17, 15) is 18.3 Å². The molecule has 1 saturated carbocycles. The van der Waals surface area contributed by atoms with Crippen LogP contribution >= 0.6 is 11.6 Å². The monoisotopic (exact) mass is 422 g/mol. The largest absolute Gasteiger partial charge is 0.506 e. The molecule has 0 spiro atoms. The van der Waals surface area contributed by atoms with Crippen LogP contribution in [0.5, 0.6) is 5.75 Å². The Morgan fingerprint density at radius 2 is 1.89 bits per heavy atom. The first-order valence-corrected chi connectivity index (χ1v) is 11.0. The predicted molar refractivity (Wildman–Crippen MR) is 109 cm³/mol. The van der Waals surface area contributed by atoms with Gasteiger partial charge in [0.15, 0.2) is 0 Å². The zero-order chi connectivity index (χ0) is 20.5. The van der Waals surface area contributed by atoms with Crippen molar-refractivity contribution in [2.75, 3.05) is 18.4 Å². The number of halogens is 1. The SMILES string of the molecule is CCN(CC)S(=O)(=O)c1ccc(O)c(NC(=O)C2CC2c2ccccc2Cl)c1. The molecule has 2 atom stereocenters. The minimum atomic E-state index is -3.69. The summed E-state index contributed by atoms with van der Waals surface area (Å²) in [5.74, 6) is -0.680. The predicted octanol–water partition coefficient (Wildman–Crippen LogP) is 3.82. The van der Waals surface area contributed by atoms with Gasteiger partial charge in [-0.15, -0.1) is 0 Å². The first-order chi connectivity index (χ1) is 13.3. The highest BCUT2D eigenvalue weighted by atomic mass is 35.5. The van der Waals surface area contributed by atoms with Gasteiger partial charge in [-0.3, -0.25) is 4.79 Å². The van der Waals surface area contributed by atoms with Gasteiger partial charge < -0.3 is 10.4 Å². The maximum atomic E-state index is 12.7. The van der Waals surface area contributed by atoms with Crippen molar-refractivity contribution in [3.05, 3.63) is 53.1 Å². The number of sulfonamides is 1. The summed E-state index contributed by atoms with van der Waals surface area (Å²) in [7, 11) is -3.69. The maximum absolute atomic E-state index is 12.7. The Labute approximate surface area is 170 Å². The van der Waals surface area contributed by atoms with Crippen LogP contribution in [0.25, 0.3) is 0 Å². The molecule has 2 aromatic rings. The number of aromatic hydroxyl groups is 1. The second-order valence-electron chi connectivity index (χ2n) is 6.73. The normalized spacial score (nSPS) is 18.9. The molecule has 150 valence electrons. The van der Waals surface area contributed by atoms with Crippen LogP contribution in [0.3, 0.4) is 0 Å². The first-order valence-electron chi connectivity index (χ1n) is 9.18. The topological polar surface area (TPSA) is 86.7 Å². The van der Waals surface area contributed by atoms with Gasteiger partial charge in [0.25, 0.3) is 0 Å². The van der Waals surface area contributed by atoms with Crippen molar-refractivity contribution in [2.45, 2.75) is 31.1 Å². The van der Waals surface area contributed by atoms with Crippen molar-refractivity contribution in [3.63, 3.8) is 0 Å². The molecule has 1 fully saturated rings. The molecule has 0 aromatic heterocycles. The number of phenols is 1. The minimum Gasteiger partial charge on any atom is -0.506 e. The lowest BCUT2D eigenvalue weighted by molar-refractivity contribution is -0.117. The van der Waals surface area contributed by atoms with Crippen LogP contribution in [0, 0.1) is 5.92 Å². The van der Waals surface area contributed by atoms with Crippen LogP contribution in [0.15, 0.2) is 47.4 Å². The van der Waals surface area contributed by atoms with Gasteiger partial charge in [-0.25, -0.2) is 8.42 Å². The van der Waals surface area contributed by atoms with E-state index < -0.39 is 10.0 Å². The van der Waals surface area contributed by atoms with Crippen LogP contribution in [0.2, 0.25) is 5.02 Å². The minimum absolute atomic E-state index is 0.0263. The Morgan fingerprint density at radius 3 is 2.54 bits per heavy atom. The Bertz CT molecular complexity index is 989. The molecule has 6 nitrogen and oxygen atoms in total. The number of rotatable bonds is 7. The lowest BCUT2D eigenvalue weighted by atomic mass is 10.1. The highest BCUT2D eigenvalue weighted by molar-refractivity contribution is 7.89. The molecule has 2 N–H and O–H groups in total. The number of nitrogens with one attached hydrogen (secondary N) is 1. The van der Waals surface area contributed by atoms with Crippen LogP contribution < -0.4 is 5.32 Å². The van der Waals surface area contributed by atoms with Crippen molar-refractivity contribution in [3.8, 4) is 5.75 Å². The Balaban J connectivity index is 1.78. The molecular weight excluding hydrogens is 400 g/mol. The van der Waals surface area contributed by atoms with Gasteiger partial charge in [-0.05, 0) is 42.2 Å². The van der Waals surface area contributed by atoms with Crippen molar-refractivity contribution >= 4 is 33.2 Å². The van der Waals surface area contributed by atoms with E-state index in [4.69, 9.17) is 11.6 Å². The van der Waals surface area contributed by atoms with E-state index in [2.05, 4.69) is 5.32 Å². The summed E-state index contributed by atoms with van der Waals surface area (Å²) in [6, 6.07) is 11.3. The van der Waals surface area contributed by atoms with E-state index in [0.717, 1.165) is 5.56 Å². The van der Waals surface area contributed by atoms with Gasteiger partial charge in [0.05, 0.1) is 10.6 Å². The third-order valence-corrected chi connectivity index (χ3v) is 7.39. The molecule has 8 heteroatoms. The number of anilines is 1. The summed E-state index contributed by atoms with van der Waals surface area (Å²) >= 11 is 6.20.